The molecule has 0 radical (unpaired) electrons. The fourth-order valence-electron chi connectivity index (χ4n) is 1.63. The summed E-state index contributed by atoms with van der Waals surface area (Å²) in [7, 11) is 0. The molecule has 0 saturated carbocycles. The average molecular weight is 437 g/mol. The van der Waals surface area contributed by atoms with E-state index in [2.05, 4.69) is 77.1 Å². The Balaban J connectivity index is 4.88. The SMILES string of the molecule is CC(C)CNN(NCC(C)C)C(=S)SC(=S)N(NCC(C)C)NCC(C)C. The number of thioether (sulfide) groups is 1. The van der Waals surface area contributed by atoms with Gasteiger partial charge in [-0.05, 0) is 59.9 Å². The van der Waals surface area contributed by atoms with Crippen LogP contribution in [0.5, 0.6) is 0 Å². The maximum absolute atomic E-state index is 5.64. The second kappa shape index (κ2) is 14.9. The molecule has 27 heavy (non-hydrogen) atoms. The van der Waals surface area contributed by atoms with Crippen molar-refractivity contribution in [3.05, 3.63) is 0 Å². The van der Waals surface area contributed by atoms with Gasteiger partial charge in [0.25, 0.3) is 0 Å². The van der Waals surface area contributed by atoms with Gasteiger partial charge in [0.1, 0.15) is 0 Å². The van der Waals surface area contributed by atoms with Gasteiger partial charge in [-0.25, -0.2) is 31.9 Å². The number of nitrogens with zero attached hydrogens (tertiary/aromatic N) is 2. The van der Waals surface area contributed by atoms with Crippen molar-refractivity contribution < 1.29 is 0 Å². The van der Waals surface area contributed by atoms with Crippen LogP contribution in [-0.4, -0.2) is 45.1 Å². The second-order valence-corrected chi connectivity index (χ2v) is 10.6. The molecule has 0 saturated heterocycles. The first-order chi connectivity index (χ1) is 12.5. The molecule has 9 heteroatoms. The summed E-state index contributed by atoms with van der Waals surface area (Å²) in [6.45, 7) is 20.7. The molecular formula is C18H40N6S3. The predicted molar refractivity (Wildman–Crippen MR) is 128 cm³/mol. The van der Waals surface area contributed by atoms with Gasteiger partial charge in [0.15, 0.2) is 8.64 Å². The molecule has 0 aromatic carbocycles. The lowest BCUT2D eigenvalue weighted by molar-refractivity contribution is 0.205. The van der Waals surface area contributed by atoms with Crippen molar-refractivity contribution in [3.63, 3.8) is 0 Å². The molecule has 0 aliphatic rings. The Morgan fingerprint density at radius 1 is 0.593 bits per heavy atom. The monoisotopic (exact) mass is 436 g/mol. The first kappa shape index (κ1) is 27.0. The second-order valence-electron chi connectivity index (χ2n) is 8.33. The smallest absolute Gasteiger partial charge is 0.173 e. The summed E-state index contributed by atoms with van der Waals surface area (Å²) in [5.41, 5.74) is 13.4. The van der Waals surface area contributed by atoms with Crippen molar-refractivity contribution in [2.75, 3.05) is 26.2 Å². The molecule has 6 nitrogen and oxygen atoms in total. The van der Waals surface area contributed by atoms with Crippen LogP contribution < -0.4 is 21.7 Å². The zero-order chi connectivity index (χ0) is 21.0. The summed E-state index contributed by atoms with van der Waals surface area (Å²) >= 11 is 12.7. The first-order valence-electron chi connectivity index (χ1n) is 9.82. The van der Waals surface area contributed by atoms with Crippen molar-refractivity contribution in [2.45, 2.75) is 55.4 Å². The van der Waals surface area contributed by atoms with E-state index < -0.39 is 0 Å². The van der Waals surface area contributed by atoms with E-state index in [4.69, 9.17) is 24.4 Å². The summed E-state index contributed by atoms with van der Waals surface area (Å²) in [4.78, 5) is 0. The van der Waals surface area contributed by atoms with Crippen molar-refractivity contribution in [1.29, 1.82) is 0 Å². The number of hydrazine groups is 4. The van der Waals surface area contributed by atoms with E-state index in [1.807, 2.05) is 10.2 Å². The van der Waals surface area contributed by atoms with Gasteiger partial charge in [-0.1, -0.05) is 55.4 Å². The van der Waals surface area contributed by atoms with Gasteiger partial charge in [0.05, 0.1) is 0 Å². The highest BCUT2D eigenvalue weighted by Gasteiger charge is 2.18. The minimum absolute atomic E-state index is 0.519. The minimum Gasteiger partial charge on any atom is -0.223 e. The Kier molecular flexibility index (Phi) is 14.9. The zero-order valence-electron chi connectivity index (χ0n) is 18.3. The highest BCUT2D eigenvalue weighted by molar-refractivity contribution is 8.37. The van der Waals surface area contributed by atoms with Crippen LogP contribution in [0.15, 0.2) is 0 Å². The number of rotatable bonds is 12. The Morgan fingerprint density at radius 2 is 0.815 bits per heavy atom. The van der Waals surface area contributed by atoms with E-state index in [1.165, 1.54) is 11.8 Å². The first-order valence-corrected chi connectivity index (χ1v) is 11.5. The summed E-state index contributed by atoms with van der Waals surface area (Å²) < 4.78 is 1.31. The standard InChI is InChI=1S/C18H40N6S3/c1-13(2)9-19-23(20-10-14(3)4)17(25)27-18(26)24(21-11-15(5)6)22-12-16(7)8/h13-16,19-22H,9-12H2,1-8H3. The number of nitrogens with one attached hydrogen (secondary N) is 4. The molecule has 0 unspecified atom stereocenters. The lowest BCUT2D eigenvalue weighted by atomic mass is 10.2. The molecule has 0 amide bonds. The number of hydrogen-bond acceptors (Lipinski definition) is 7. The molecule has 4 N–H and O–H groups in total. The topological polar surface area (TPSA) is 54.6 Å². The van der Waals surface area contributed by atoms with E-state index in [9.17, 15) is 0 Å². The Labute approximate surface area is 181 Å². The maximum Gasteiger partial charge on any atom is 0.173 e. The molecule has 0 fully saturated rings. The number of hydrogen-bond donors (Lipinski definition) is 4. The van der Waals surface area contributed by atoms with Gasteiger partial charge in [0, 0.05) is 26.2 Å². The van der Waals surface area contributed by atoms with Crippen LogP contribution in [0.3, 0.4) is 0 Å². The Bertz CT molecular complexity index is 367. The lowest BCUT2D eigenvalue weighted by Gasteiger charge is -2.31. The third-order valence-electron chi connectivity index (χ3n) is 3.17. The Hall–Kier alpha value is -0.0300. The fraction of sp³-hybridized carbons (Fsp3) is 0.889. The van der Waals surface area contributed by atoms with Gasteiger partial charge in [-0.15, -0.1) is 0 Å². The third kappa shape index (κ3) is 14.6. The van der Waals surface area contributed by atoms with Crippen molar-refractivity contribution in [2.24, 2.45) is 23.7 Å². The summed E-state index contributed by atoms with van der Waals surface area (Å²) in [5.74, 6) is 2.07. The van der Waals surface area contributed by atoms with Crippen LogP contribution in [0.4, 0.5) is 0 Å². The largest absolute Gasteiger partial charge is 0.223 e. The van der Waals surface area contributed by atoms with Crippen LogP contribution in [0, 0.1) is 23.7 Å². The number of thiocarbonyl (C=S) groups is 2. The van der Waals surface area contributed by atoms with Crippen LogP contribution >= 0.6 is 36.2 Å². The zero-order valence-corrected chi connectivity index (χ0v) is 20.7. The van der Waals surface area contributed by atoms with Gasteiger partial charge < -0.3 is 0 Å². The van der Waals surface area contributed by atoms with Gasteiger partial charge in [-0.2, -0.15) is 0 Å². The normalized spacial score (nSPS) is 11.7. The average Bonchev–Trinajstić information content (AvgIpc) is 2.53. The van der Waals surface area contributed by atoms with Gasteiger partial charge >= 0.3 is 0 Å². The molecule has 0 rings (SSSR count). The van der Waals surface area contributed by atoms with Crippen molar-refractivity contribution in [1.82, 2.24) is 31.9 Å². The van der Waals surface area contributed by atoms with Crippen LogP contribution in [-0.2, 0) is 0 Å². The highest BCUT2D eigenvalue weighted by Crippen LogP contribution is 2.12. The van der Waals surface area contributed by atoms with Crippen molar-refractivity contribution >= 4 is 44.8 Å². The van der Waals surface area contributed by atoms with E-state index in [0.29, 0.717) is 32.3 Å². The van der Waals surface area contributed by atoms with Crippen LogP contribution in [0.25, 0.3) is 0 Å². The van der Waals surface area contributed by atoms with E-state index in [0.717, 1.165) is 26.2 Å². The minimum atomic E-state index is 0.519. The lowest BCUT2D eigenvalue weighted by Crippen LogP contribution is -2.55. The molecule has 0 aliphatic heterocycles. The molecule has 0 aromatic rings. The summed E-state index contributed by atoms with van der Waals surface area (Å²) in [6.07, 6.45) is 0. The van der Waals surface area contributed by atoms with Gasteiger partial charge in [-0.3, -0.25) is 0 Å². The molecule has 0 spiro atoms. The third-order valence-corrected chi connectivity index (χ3v) is 4.75. The molecule has 160 valence electrons. The van der Waals surface area contributed by atoms with Crippen LogP contribution in [0.2, 0.25) is 0 Å². The molecule has 0 atom stereocenters. The molecule has 0 heterocycles. The van der Waals surface area contributed by atoms with Crippen LogP contribution in [0.1, 0.15) is 55.4 Å². The predicted octanol–water partition coefficient (Wildman–Crippen LogP) is 3.54. The molecular weight excluding hydrogens is 396 g/mol. The molecule has 0 bridgehead atoms. The van der Waals surface area contributed by atoms with E-state index in [-0.39, 0.29) is 0 Å². The molecule has 0 aromatic heterocycles. The fourth-order valence-corrected chi connectivity index (χ4v) is 3.11. The summed E-state index contributed by atoms with van der Waals surface area (Å²) in [6, 6.07) is 0. The van der Waals surface area contributed by atoms with E-state index in [1.54, 1.807) is 0 Å². The van der Waals surface area contributed by atoms with Gasteiger partial charge in [0.2, 0.25) is 0 Å². The van der Waals surface area contributed by atoms with E-state index >= 15 is 0 Å². The van der Waals surface area contributed by atoms with Crippen molar-refractivity contribution in [3.8, 4) is 0 Å². The highest BCUT2D eigenvalue weighted by atomic mass is 32.2. The summed E-state index contributed by atoms with van der Waals surface area (Å²) in [5, 5.41) is 3.66. The quantitative estimate of drug-likeness (QED) is 0.272. The Morgan fingerprint density at radius 3 is 1.00 bits per heavy atom. The maximum atomic E-state index is 5.64. The molecule has 0 aliphatic carbocycles.